The van der Waals surface area contributed by atoms with E-state index in [2.05, 4.69) is 37.8 Å². The Morgan fingerprint density at radius 2 is 1.40 bits per heavy atom. The largest absolute Gasteiger partial charge is 0.463 e. The lowest BCUT2D eigenvalue weighted by Crippen LogP contribution is -2.35. The molecule has 2 aliphatic rings. The van der Waals surface area contributed by atoms with Crippen LogP contribution in [0.25, 0.3) is 0 Å². The van der Waals surface area contributed by atoms with Crippen molar-refractivity contribution in [2.75, 3.05) is 13.2 Å². The van der Waals surface area contributed by atoms with E-state index in [0.717, 1.165) is 23.3 Å². The second-order valence-electron chi connectivity index (χ2n) is 14.5. The summed E-state index contributed by atoms with van der Waals surface area (Å²) in [7, 11) is 0. The smallest absolute Gasteiger partial charge is 0.337 e. The second-order valence-corrected chi connectivity index (χ2v) is 14.5. The SMILES string of the molecule is C=C(C(=O)OCC(COC(=O)C(C)(C)O)Cc1ccc(C2CCC(C3CCC(CCCCC)CC3)CC2)cc1)C(C)(C)O. The summed E-state index contributed by atoms with van der Waals surface area (Å²) in [6, 6.07) is 8.71. The molecule has 1 unspecified atom stereocenters. The molecule has 0 aromatic heterocycles. The molecule has 242 valence electrons. The molecular weight excluding hydrogens is 540 g/mol. The summed E-state index contributed by atoms with van der Waals surface area (Å²) in [5.74, 6) is 1.69. The third-order valence-corrected chi connectivity index (χ3v) is 9.91. The van der Waals surface area contributed by atoms with Gasteiger partial charge in [0.2, 0.25) is 0 Å². The fraction of sp³-hybridized carbons (Fsp3) is 0.730. The van der Waals surface area contributed by atoms with Gasteiger partial charge >= 0.3 is 11.9 Å². The molecule has 0 bridgehead atoms. The lowest BCUT2D eigenvalue weighted by molar-refractivity contribution is -0.164. The molecule has 0 amide bonds. The normalized spacial score (nSPS) is 23.8. The third-order valence-electron chi connectivity index (χ3n) is 9.91. The number of rotatable bonds is 15. The molecular formula is C37H58O6. The van der Waals surface area contributed by atoms with E-state index in [1.807, 2.05) is 0 Å². The zero-order valence-corrected chi connectivity index (χ0v) is 27.5. The van der Waals surface area contributed by atoms with Crippen LogP contribution in [-0.4, -0.2) is 46.6 Å². The second kappa shape index (κ2) is 16.2. The summed E-state index contributed by atoms with van der Waals surface area (Å²) in [5, 5.41) is 20.0. The van der Waals surface area contributed by atoms with Crippen molar-refractivity contribution < 1.29 is 29.3 Å². The number of aliphatic hydroxyl groups is 2. The summed E-state index contributed by atoms with van der Waals surface area (Å²) < 4.78 is 10.8. The van der Waals surface area contributed by atoms with Crippen LogP contribution in [0.15, 0.2) is 36.4 Å². The highest BCUT2D eigenvalue weighted by atomic mass is 16.6. The first-order valence-electron chi connectivity index (χ1n) is 16.8. The maximum atomic E-state index is 12.4. The van der Waals surface area contributed by atoms with Gasteiger partial charge in [-0.15, -0.1) is 0 Å². The molecule has 43 heavy (non-hydrogen) atoms. The van der Waals surface area contributed by atoms with Gasteiger partial charge in [-0.2, -0.15) is 0 Å². The molecule has 1 atom stereocenters. The summed E-state index contributed by atoms with van der Waals surface area (Å²) in [5.41, 5.74) is -0.573. The van der Waals surface area contributed by atoms with Crippen LogP contribution in [0, 0.1) is 23.7 Å². The molecule has 2 saturated carbocycles. The van der Waals surface area contributed by atoms with Gasteiger partial charge in [0.15, 0.2) is 5.60 Å². The van der Waals surface area contributed by atoms with Gasteiger partial charge in [-0.25, -0.2) is 9.59 Å². The predicted octanol–water partition coefficient (Wildman–Crippen LogP) is 7.69. The molecule has 3 rings (SSSR count). The number of carbonyl (C=O) groups is 2. The van der Waals surface area contributed by atoms with E-state index >= 15 is 0 Å². The summed E-state index contributed by atoms with van der Waals surface area (Å²) in [4.78, 5) is 24.6. The highest BCUT2D eigenvalue weighted by Gasteiger charge is 2.32. The number of hydrogen-bond donors (Lipinski definition) is 2. The topological polar surface area (TPSA) is 93.1 Å². The van der Waals surface area contributed by atoms with E-state index in [1.54, 1.807) is 0 Å². The summed E-state index contributed by atoms with van der Waals surface area (Å²) in [6.45, 7) is 11.7. The lowest BCUT2D eigenvalue weighted by atomic mass is 9.68. The Kier molecular flexibility index (Phi) is 13.3. The first-order valence-corrected chi connectivity index (χ1v) is 16.8. The molecule has 6 nitrogen and oxygen atoms in total. The lowest BCUT2D eigenvalue weighted by Gasteiger charge is -2.38. The van der Waals surface area contributed by atoms with Crippen molar-refractivity contribution in [2.45, 2.75) is 135 Å². The van der Waals surface area contributed by atoms with Crippen LogP contribution in [0.4, 0.5) is 0 Å². The van der Waals surface area contributed by atoms with E-state index < -0.39 is 23.1 Å². The quantitative estimate of drug-likeness (QED) is 0.122. The third kappa shape index (κ3) is 11.4. The minimum absolute atomic E-state index is 0.000507. The van der Waals surface area contributed by atoms with Gasteiger partial charge in [-0.3, -0.25) is 0 Å². The van der Waals surface area contributed by atoms with E-state index in [9.17, 15) is 19.8 Å². The standard InChI is InChI=1S/C37H58O6/c1-7-8-9-10-27-11-15-30(16-12-27)32-19-21-33(22-20-32)31-17-13-28(14-18-31)23-29(25-43-35(39)37(5,6)41)24-42-34(38)26(2)36(3,4)40/h13-14,17-18,27,29-30,32-33,40-41H,2,7-12,15-16,19-25H2,1,3-6H3. The summed E-state index contributed by atoms with van der Waals surface area (Å²) >= 11 is 0. The van der Waals surface area contributed by atoms with Crippen LogP contribution in [0.2, 0.25) is 0 Å². The Balaban J connectivity index is 1.51. The highest BCUT2D eigenvalue weighted by Crippen LogP contribution is 2.44. The number of ether oxygens (including phenoxy) is 2. The number of carbonyl (C=O) groups excluding carboxylic acids is 2. The number of benzene rings is 1. The molecule has 0 spiro atoms. The van der Waals surface area contributed by atoms with E-state index in [0.29, 0.717) is 12.3 Å². The Labute approximate surface area is 260 Å². The van der Waals surface area contributed by atoms with Crippen molar-refractivity contribution in [2.24, 2.45) is 23.7 Å². The fourth-order valence-corrected chi connectivity index (χ4v) is 6.88. The zero-order chi connectivity index (χ0) is 31.6. The van der Waals surface area contributed by atoms with Crippen molar-refractivity contribution in [1.29, 1.82) is 0 Å². The van der Waals surface area contributed by atoms with Gasteiger partial charge in [-0.1, -0.05) is 76.3 Å². The molecule has 6 heteroatoms. The molecule has 0 aliphatic heterocycles. The van der Waals surface area contributed by atoms with Crippen molar-refractivity contribution in [3.05, 3.63) is 47.5 Å². The van der Waals surface area contributed by atoms with Crippen molar-refractivity contribution >= 4 is 11.9 Å². The first kappa shape index (κ1) is 35.3. The van der Waals surface area contributed by atoms with Gasteiger partial charge < -0.3 is 19.7 Å². The zero-order valence-electron chi connectivity index (χ0n) is 27.5. The van der Waals surface area contributed by atoms with E-state index in [-0.39, 0.29) is 24.7 Å². The average Bonchev–Trinajstić information content (AvgIpc) is 2.97. The molecule has 1 aromatic carbocycles. The Hall–Kier alpha value is -2.18. The molecule has 2 fully saturated rings. The van der Waals surface area contributed by atoms with Crippen LogP contribution in [-0.2, 0) is 25.5 Å². The van der Waals surface area contributed by atoms with E-state index in [1.165, 1.54) is 110 Å². The van der Waals surface area contributed by atoms with Crippen LogP contribution in [0.3, 0.4) is 0 Å². The average molecular weight is 599 g/mol. The summed E-state index contributed by atoms with van der Waals surface area (Å²) in [6.07, 6.45) is 17.1. The molecule has 0 radical (unpaired) electrons. The van der Waals surface area contributed by atoms with Crippen LogP contribution >= 0.6 is 0 Å². The van der Waals surface area contributed by atoms with Crippen LogP contribution in [0.1, 0.15) is 129 Å². The maximum Gasteiger partial charge on any atom is 0.337 e. The monoisotopic (exact) mass is 598 g/mol. The maximum absolute atomic E-state index is 12.4. The predicted molar refractivity (Wildman–Crippen MR) is 172 cm³/mol. The first-order chi connectivity index (χ1) is 20.3. The van der Waals surface area contributed by atoms with Gasteiger partial charge in [-0.05, 0) is 107 Å². The number of unbranched alkanes of at least 4 members (excludes halogenated alkanes) is 2. The van der Waals surface area contributed by atoms with Crippen molar-refractivity contribution in [1.82, 2.24) is 0 Å². The molecule has 2 aliphatic carbocycles. The number of hydrogen-bond acceptors (Lipinski definition) is 6. The van der Waals surface area contributed by atoms with Gasteiger partial charge in [0.1, 0.15) is 0 Å². The molecule has 2 N–H and O–H groups in total. The Morgan fingerprint density at radius 1 is 0.837 bits per heavy atom. The van der Waals surface area contributed by atoms with E-state index in [4.69, 9.17) is 9.47 Å². The Morgan fingerprint density at radius 3 is 1.93 bits per heavy atom. The van der Waals surface area contributed by atoms with Crippen LogP contribution < -0.4 is 0 Å². The number of esters is 2. The minimum Gasteiger partial charge on any atom is -0.463 e. The fourth-order valence-electron chi connectivity index (χ4n) is 6.88. The molecule has 1 aromatic rings. The molecule has 0 heterocycles. The highest BCUT2D eigenvalue weighted by molar-refractivity contribution is 5.89. The minimum atomic E-state index is -1.61. The Bertz CT molecular complexity index is 1010. The van der Waals surface area contributed by atoms with Gasteiger partial charge in [0.05, 0.1) is 24.4 Å². The van der Waals surface area contributed by atoms with Gasteiger partial charge in [0.25, 0.3) is 0 Å². The van der Waals surface area contributed by atoms with Crippen molar-refractivity contribution in [3.63, 3.8) is 0 Å². The van der Waals surface area contributed by atoms with Gasteiger partial charge in [0, 0.05) is 5.92 Å². The van der Waals surface area contributed by atoms with Crippen molar-refractivity contribution in [3.8, 4) is 0 Å². The molecule has 0 saturated heterocycles. The van der Waals surface area contributed by atoms with Crippen LogP contribution in [0.5, 0.6) is 0 Å².